The van der Waals surface area contributed by atoms with E-state index in [1.54, 1.807) is 23.1 Å². The van der Waals surface area contributed by atoms with E-state index < -0.39 is 0 Å². The Bertz CT molecular complexity index is 410. The van der Waals surface area contributed by atoms with Gasteiger partial charge in [-0.15, -0.1) is 23.1 Å². The number of carbonyl (C=O) groups is 1. The van der Waals surface area contributed by atoms with E-state index in [-0.39, 0.29) is 16.7 Å². The predicted octanol–water partition coefficient (Wildman–Crippen LogP) is 3.63. The van der Waals surface area contributed by atoms with Crippen molar-refractivity contribution in [2.45, 2.75) is 64.0 Å². The van der Waals surface area contributed by atoms with Crippen LogP contribution in [0.25, 0.3) is 0 Å². The Morgan fingerprint density at radius 2 is 2.21 bits per heavy atom. The maximum atomic E-state index is 11.9. The van der Waals surface area contributed by atoms with E-state index in [4.69, 9.17) is 0 Å². The van der Waals surface area contributed by atoms with Gasteiger partial charge in [0.15, 0.2) is 0 Å². The molecule has 1 aromatic rings. The fraction of sp³-hybridized carbons (Fsp3) is 0.714. The van der Waals surface area contributed by atoms with Gasteiger partial charge >= 0.3 is 0 Å². The van der Waals surface area contributed by atoms with Gasteiger partial charge < -0.3 is 5.32 Å². The first-order valence-electron chi connectivity index (χ1n) is 6.68. The summed E-state index contributed by atoms with van der Waals surface area (Å²) in [6.07, 6.45) is 2.18. The van der Waals surface area contributed by atoms with E-state index in [1.807, 2.05) is 27.7 Å². The molecule has 0 aliphatic rings. The van der Waals surface area contributed by atoms with E-state index in [9.17, 15) is 4.79 Å². The van der Waals surface area contributed by atoms with Gasteiger partial charge in [0, 0.05) is 16.7 Å². The van der Waals surface area contributed by atoms with Crippen molar-refractivity contribution in [2.75, 3.05) is 0 Å². The molecule has 1 N–H and O–H groups in total. The molecule has 1 aromatic heterocycles. The summed E-state index contributed by atoms with van der Waals surface area (Å²) in [5, 5.41) is 6.26. The SMILES string of the molecule is CCCc1nc(CSC(C)C(=O)NC(C)(C)C)cs1. The Morgan fingerprint density at radius 1 is 1.53 bits per heavy atom. The third kappa shape index (κ3) is 6.43. The largest absolute Gasteiger partial charge is 0.351 e. The smallest absolute Gasteiger partial charge is 0.233 e. The highest BCUT2D eigenvalue weighted by atomic mass is 32.2. The Balaban J connectivity index is 2.40. The average Bonchev–Trinajstić information content (AvgIpc) is 2.72. The maximum Gasteiger partial charge on any atom is 0.233 e. The molecule has 1 unspecified atom stereocenters. The lowest BCUT2D eigenvalue weighted by molar-refractivity contribution is -0.121. The number of nitrogens with zero attached hydrogens (tertiary/aromatic N) is 1. The van der Waals surface area contributed by atoms with Crippen LogP contribution < -0.4 is 5.32 Å². The first-order chi connectivity index (χ1) is 8.81. The minimum absolute atomic E-state index is 0.0458. The van der Waals surface area contributed by atoms with Gasteiger partial charge in [0.2, 0.25) is 5.91 Å². The second-order valence-electron chi connectivity index (χ2n) is 5.68. The lowest BCUT2D eigenvalue weighted by Crippen LogP contribution is -2.44. The molecule has 1 rings (SSSR count). The average molecular weight is 300 g/mol. The van der Waals surface area contributed by atoms with E-state index in [2.05, 4.69) is 22.6 Å². The maximum absolute atomic E-state index is 11.9. The van der Waals surface area contributed by atoms with Gasteiger partial charge in [-0.25, -0.2) is 4.98 Å². The van der Waals surface area contributed by atoms with Crippen LogP contribution in [0.2, 0.25) is 0 Å². The third-order valence-corrected chi connectivity index (χ3v) is 4.55. The molecule has 1 amide bonds. The van der Waals surface area contributed by atoms with Crippen LogP contribution in [0.5, 0.6) is 0 Å². The number of carbonyl (C=O) groups excluding carboxylic acids is 1. The van der Waals surface area contributed by atoms with Crippen LogP contribution in [0.15, 0.2) is 5.38 Å². The number of thioether (sulfide) groups is 1. The molecule has 108 valence electrons. The van der Waals surface area contributed by atoms with Crippen molar-refractivity contribution < 1.29 is 4.79 Å². The fourth-order valence-corrected chi connectivity index (χ4v) is 3.29. The number of hydrogen-bond acceptors (Lipinski definition) is 4. The van der Waals surface area contributed by atoms with Gasteiger partial charge in [-0.05, 0) is 40.5 Å². The van der Waals surface area contributed by atoms with Gasteiger partial charge in [-0.2, -0.15) is 0 Å². The summed E-state index contributed by atoms with van der Waals surface area (Å²) in [4.78, 5) is 16.5. The Morgan fingerprint density at radius 3 is 2.79 bits per heavy atom. The van der Waals surface area contributed by atoms with E-state index >= 15 is 0 Å². The summed E-state index contributed by atoms with van der Waals surface area (Å²) in [6, 6.07) is 0. The highest BCUT2D eigenvalue weighted by Crippen LogP contribution is 2.20. The first kappa shape index (κ1) is 16.5. The number of nitrogens with one attached hydrogen (secondary N) is 1. The highest BCUT2D eigenvalue weighted by molar-refractivity contribution is 7.99. The molecule has 0 fully saturated rings. The summed E-state index contributed by atoms with van der Waals surface area (Å²) in [5.74, 6) is 0.903. The zero-order valence-electron chi connectivity index (χ0n) is 12.4. The molecule has 3 nitrogen and oxygen atoms in total. The number of thiazole rings is 1. The van der Waals surface area contributed by atoms with Crippen LogP contribution in [0, 0.1) is 0 Å². The topological polar surface area (TPSA) is 42.0 Å². The van der Waals surface area contributed by atoms with E-state index in [1.165, 1.54) is 5.01 Å². The molecule has 0 radical (unpaired) electrons. The molecule has 0 aliphatic carbocycles. The van der Waals surface area contributed by atoms with E-state index in [0.29, 0.717) is 0 Å². The monoisotopic (exact) mass is 300 g/mol. The van der Waals surface area contributed by atoms with Crippen LogP contribution in [0.1, 0.15) is 51.7 Å². The van der Waals surface area contributed by atoms with Crippen LogP contribution in [0.4, 0.5) is 0 Å². The zero-order chi connectivity index (χ0) is 14.5. The molecule has 0 saturated carbocycles. The van der Waals surface area contributed by atoms with Crippen molar-refractivity contribution in [1.82, 2.24) is 10.3 Å². The van der Waals surface area contributed by atoms with Crippen molar-refractivity contribution in [1.29, 1.82) is 0 Å². The molecule has 19 heavy (non-hydrogen) atoms. The Hall–Kier alpha value is -0.550. The number of hydrogen-bond donors (Lipinski definition) is 1. The third-order valence-electron chi connectivity index (χ3n) is 2.41. The molecule has 1 heterocycles. The van der Waals surface area contributed by atoms with Crippen molar-refractivity contribution in [2.24, 2.45) is 0 Å². The summed E-state index contributed by atoms with van der Waals surface area (Å²) in [5.41, 5.74) is 0.926. The number of rotatable bonds is 6. The molecule has 0 saturated heterocycles. The highest BCUT2D eigenvalue weighted by Gasteiger charge is 2.19. The molecule has 0 aromatic carbocycles. The zero-order valence-corrected chi connectivity index (χ0v) is 14.1. The number of aromatic nitrogens is 1. The molecular formula is C14H24N2OS2. The molecule has 5 heteroatoms. The van der Waals surface area contributed by atoms with Gasteiger partial charge in [-0.1, -0.05) is 6.92 Å². The first-order valence-corrected chi connectivity index (χ1v) is 8.61. The molecule has 0 aliphatic heterocycles. The van der Waals surface area contributed by atoms with Gasteiger partial charge in [0.25, 0.3) is 0 Å². The predicted molar refractivity (Wildman–Crippen MR) is 84.8 cm³/mol. The summed E-state index contributed by atoms with van der Waals surface area (Å²) >= 11 is 3.36. The Kier molecular flexibility index (Phi) is 6.33. The van der Waals surface area contributed by atoms with Crippen LogP contribution in [-0.2, 0) is 17.0 Å². The summed E-state index contributed by atoms with van der Waals surface area (Å²) in [6.45, 7) is 10.1. The van der Waals surface area contributed by atoms with Gasteiger partial charge in [0.1, 0.15) is 0 Å². The van der Waals surface area contributed by atoms with Crippen LogP contribution in [-0.4, -0.2) is 21.7 Å². The van der Waals surface area contributed by atoms with Crippen molar-refractivity contribution in [3.63, 3.8) is 0 Å². The molecule has 0 spiro atoms. The molecular weight excluding hydrogens is 276 g/mol. The molecule has 1 atom stereocenters. The van der Waals surface area contributed by atoms with Crippen molar-refractivity contribution in [3.05, 3.63) is 16.1 Å². The summed E-state index contributed by atoms with van der Waals surface area (Å²) in [7, 11) is 0. The molecule has 0 bridgehead atoms. The van der Waals surface area contributed by atoms with Gasteiger partial charge in [-0.3, -0.25) is 4.79 Å². The quantitative estimate of drug-likeness (QED) is 0.872. The van der Waals surface area contributed by atoms with Crippen molar-refractivity contribution in [3.8, 4) is 0 Å². The van der Waals surface area contributed by atoms with Gasteiger partial charge in [0.05, 0.1) is 16.0 Å². The standard InChI is InChI=1S/C14H24N2OS2/c1-6-7-12-15-11(9-19-12)8-18-10(2)13(17)16-14(3,4)5/h9-10H,6-8H2,1-5H3,(H,16,17). The Labute approximate surface area is 124 Å². The van der Waals surface area contributed by atoms with E-state index in [0.717, 1.165) is 24.3 Å². The lowest BCUT2D eigenvalue weighted by Gasteiger charge is -2.22. The van der Waals surface area contributed by atoms with Crippen LogP contribution in [0.3, 0.4) is 0 Å². The minimum Gasteiger partial charge on any atom is -0.351 e. The van der Waals surface area contributed by atoms with Crippen molar-refractivity contribution >= 4 is 29.0 Å². The lowest BCUT2D eigenvalue weighted by atomic mass is 10.1. The van der Waals surface area contributed by atoms with Crippen LogP contribution >= 0.6 is 23.1 Å². The fourth-order valence-electron chi connectivity index (χ4n) is 1.50. The second kappa shape index (κ2) is 7.29. The minimum atomic E-state index is -0.166. The normalized spacial score (nSPS) is 13.3. The number of amides is 1. The number of aryl methyl sites for hydroxylation is 1. The summed E-state index contributed by atoms with van der Waals surface area (Å²) < 4.78 is 0. The second-order valence-corrected chi connectivity index (χ2v) is 7.95.